The van der Waals surface area contributed by atoms with Crippen molar-refractivity contribution in [1.29, 1.82) is 0 Å². The lowest BCUT2D eigenvalue weighted by atomic mass is 10.0. The topological polar surface area (TPSA) is 113 Å². The fourth-order valence-corrected chi connectivity index (χ4v) is 5.84. The molecule has 1 saturated heterocycles. The SMILES string of the molecule is CC(=O)OCC1=C(C(=O)O)N2C(=O)C(NC(=O)C(=C(Cl)Cl)c3ccc(Cl)s3)[C@H]2SC1. The second-order valence-corrected chi connectivity index (χ2v) is 9.91. The van der Waals surface area contributed by atoms with Crippen molar-refractivity contribution < 1.29 is 29.0 Å². The monoisotopic (exact) mass is 510 g/mol. The number of fused-ring (bicyclic) bond motifs is 1. The maximum Gasteiger partial charge on any atom is 0.352 e. The number of thiophene rings is 1. The van der Waals surface area contributed by atoms with Crippen molar-refractivity contribution in [2.24, 2.45) is 0 Å². The molecular weight excluding hydrogens is 499 g/mol. The van der Waals surface area contributed by atoms with E-state index >= 15 is 0 Å². The number of aliphatic carboxylic acids is 1. The number of carbonyl (C=O) groups excluding carboxylic acids is 3. The van der Waals surface area contributed by atoms with Crippen LogP contribution < -0.4 is 5.32 Å². The molecule has 0 saturated carbocycles. The summed E-state index contributed by atoms with van der Waals surface area (Å²) in [5, 5.41) is 11.5. The van der Waals surface area contributed by atoms with Gasteiger partial charge in [0.25, 0.3) is 11.8 Å². The zero-order valence-corrected chi connectivity index (χ0v) is 19.0. The van der Waals surface area contributed by atoms with E-state index in [1.54, 1.807) is 12.1 Å². The van der Waals surface area contributed by atoms with Crippen LogP contribution in [0.2, 0.25) is 4.34 Å². The van der Waals surface area contributed by atoms with Gasteiger partial charge in [0.05, 0.1) is 9.91 Å². The van der Waals surface area contributed by atoms with Gasteiger partial charge in [-0.25, -0.2) is 4.79 Å². The normalized spacial score (nSPS) is 20.3. The number of carbonyl (C=O) groups is 4. The number of nitrogens with zero attached hydrogens (tertiary/aromatic N) is 1. The van der Waals surface area contributed by atoms with Crippen molar-refractivity contribution in [3.8, 4) is 0 Å². The first-order valence-corrected chi connectivity index (χ1v) is 11.3. The van der Waals surface area contributed by atoms with Gasteiger partial charge in [-0.3, -0.25) is 19.3 Å². The smallest absolute Gasteiger partial charge is 0.352 e. The molecule has 0 radical (unpaired) electrons. The third kappa shape index (κ3) is 4.47. The maximum absolute atomic E-state index is 12.7. The molecule has 2 N–H and O–H groups in total. The Bertz CT molecular complexity index is 1000. The lowest BCUT2D eigenvalue weighted by Gasteiger charge is -2.49. The summed E-state index contributed by atoms with van der Waals surface area (Å²) in [7, 11) is 0. The first-order valence-electron chi connectivity index (χ1n) is 8.27. The molecule has 3 rings (SSSR count). The molecule has 1 unspecified atom stereocenters. The molecule has 1 aromatic heterocycles. The van der Waals surface area contributed by atoms with Crippen molar-refractivity contribution in [2.45, 2.75) is 18.3 Å². The zero-order chi connectivity index (χ0) is 22.2. The van der Waals surface area contributed by atoms with Gasteiger partial charge in [0, 0.05) is 23.1 Å². The van der Waals surface area contributed by atoms with E-state index in [2.05, 4.69) is 5.32 Å². The van der Waals surface area contributed by atoms with E-state index in [0.29, 0.717) is 14.8 Å². The van der Waals surface area contributed by atoms with Gasteiger partial charge in [-0.05, 0) is 12.1 Å². The van der Waals surface area contributed by atoms with Gasteiger partial charge in [0.1, 0.15) is 28.2 Å². The number of esters is 1. The minimum Gasteiger partial charge on any atom is -0.477 e. The molecule has 8 nitrogen and oxygen atoms in total. The number of rotatable bonds is 6. The van der Waals surface area contributed by atoms with Crippen molar-refractivity contribution in [2.75, 3.05) is 12.4 Å². The number of hydrogen-bond acceptors (Lipinski definition) is 7. The van der Waals surface area contributed by atoms with E-state index in [1.165, 1.54) is 18.7 Å². The molecule has 1 aromatic rings. The van der Waals surface area contributed by atoms with E-state index in [1.807, 2.05) is 0 Å². The van der Waals surface area contributed by atoms with Crippen LogP contribution in [0.25, 0.3) is 5.57 Å². The van der Waals surface area contributed by atoms with Crippen LogP contribution in [0.1, 0.15) is 11.8 Å². The number of ether oxygens (including phenoxy) is 1. The molecule has 0 aliphatic carbocycles. The number of carboxylic acid groups (broad SMARTS) is 1. The van der Waals surface area contributed by atoms with Crippen LogP contribution in [-0.4, -0.2) is 57.5 Å². The van der Waals surface area contributed by atoms with Crippen molar-refractivity contribution >= 4 is 87.2 Å². The highest BCUT2D eigenvalue weighted by atomic mass is 35.5. The Kier molecular flexibility index (Phi) is 7.03. The van der Waals surface area contributed by atoms with E-state index in [0.717, 1.165) is 16.2 Å². The number of β-lactam (4-membered cyclic amide) rings is 1. The molecule has 13 heteroatoms. The van der Waals surface area contributed by atoms with Crippen LogP contribution in [0.15, 0.2) is 27.9 Å². The van der Waals surface area contributed by atoms with Crippen molar-refractivity contribution in [1.82, 2.24) is 10.2 Å². The van der Waals surface area contributed by atoms with Gasteiger partial charge in [-0.15, -0.1) is 23.1 Å². The van der Waals surface area contributed by atoms with Crippen LogP contribution in [0.4, 0.5) is 0 Å². The Labute approximate surface area is 193 Å². The Morgan fingerprint density at radius 3 is 2.57 bits per heavy atom. The third-order valence-electron chi connectivity index (χ3n) is 4.22. The van der Waals surface area contributed by atoms with Crippen LogP contribution >= 0.6 is 57.9 Å². The number of halogens is 3. The highest BCUT2D eigenvalue weighted by Crippen LogP contribution is 2.41. The average molecular weight is 512 g/mol. The molecule has 2 aliphatic rings. The molecular formula is C17H13Cl3N2O6S2. The Morgan fingerprint density at radius 2 is 2.03 bits per heavy atom. The predicted octanol–water partition coefficient (Wildman–Crippen LogP) is 2.85. The number of carboxylic acids is 1. The van der Waals surface area contributed by atoms with Crippen LogP contribution in [0, 0.1) is 0 Å². The number of thioether (sulfide) groups is 1. The fourth-order valence-electron chi connectivity index (χ4n) is 2.94. The minimum atomic E-state index is -1.32. The second-order valence-electron chi connectivity index (χ2n) is 6.14. The third-order valence-corrected chi connectivity index (χ3v) is 7.19. The molecule has 0 bridgehead atoms. The fraction of sp³-hybridized carbons (Fsp3) is 0.294. The second kappa shape index (κ2) is 9.19. The standard InChI is InChI=1S/C17H13Cl3N2O6S2/c1-6(23)28-4-7-5-29-16-11(15(25)22(16)12(7)17(26)27)21-14(24)10(13(19)20)8-2-3-9(18)30-8/h2-3,11,16H,4-5H2,1H3,(H,21,24)(H,26,27)/t11?,16-/m1/s1. The summed E-state index contributed by atoms with van der Waals surface area (Å²) in [4.78, 5) is 49.6. The molecule has 160 valence electrons. The number of amides is 2. The van der Waals surface area contributed by atoms with Crippen molar-refractivity contribution in [3.63, 3.8) is 0 Å². The van der Waals surface area contributed by atoms with Crippen LogP contribution in [0.3, 0.4) is 0 Å². The maximum atomic E-state index is 12.7. The molecule has 2 atom stereocenters. The van der Waals surface area contributed by atoms with Crippen LogP contribution in [0.5, 0.6) is 0 Å². The van der Waals surface area contributed by atoms with Gasteiger partial charge < -0.3 is 15.2 Å². The summed E-state index contributed by atoms with van der Waals surface area (Å²) in [5.74, 6) is -2.95. The quantitative estimate of drug-likeness (QED) is 0.343. The van der Waals surface area contributed by atoms with E-state index in [-0.39, 0.29) is 28.1 Å². The lowest BCUT2D eigenvalue weighted by Crippen LogP contribution is -2.70. The first kappa shape index (κ1) is 23.0. The van der Waals surface area contributed by atoms with Crippen molar-refractivity contribution in [3.05, 3.63) is 37.1 Å². The summed E-state index contributed by atoms with van der Waals surface area (Å²) >= 11 is 20.0. The number of hydrogen-bond donors (Lipinski definition) is 2. The summed E-state index contributed by atoms with van der Waals surface area (Å²) in [5.41, 5.74) is 0.0215. The molecule has 1 fully saturated rings. The summed E-state index contributed by atoms with van der Waals surface area (Å²) in [6.45, 7) is 0.972. The Hall–Kier alpha value is -1.72. The Balaban J connectivity index is 1.79. The molecule has 2 amide bonds. The summed E-state index contributed by atoms with van der Waals surface area (Å²) in [6.07, 6.45) is 0. The highest BCUT2D eigenvalue weighted by Gasteiger charge is 2.54. The molecule has 30 heavy (non-hydrogen) atoms. The van der Waals surface area contributed by atoms with Gasteiger partial charge >= 0.3 is 11.9 Å². The Morgan fingerprint density at radius 1 is 1.33 bits per heavy atom. The zero-order valence-electron chi connectivity index (χ0n) is 15.1. The molecule has 2 aliphatic heterocycles. The van der Waals surface area contributed by atoms with Crippen LogP contribution in [-0.2, 0) is 23.9 Å². The summed E-state index contributed by atoms with van der Waals surface area (Å²) in [6, 6.07) is 2.18. The van der Waals surface area contributed by atoms with E-state index in [9.17, 15) is 24.3 Å². The largest absolute Gasteiger partial charge is 0.477 e. The molecule has 3 heterocycles. The van der Waals surface area contributed by atoms with Gasteiger partial charge in [0.2, 0.25) is 0 Å². The first-order chi connectivity index (χ1) is 14.1. The van der Waals surface area contributed by atoms with E-state index in [4.69, 9.17) is 39.5 Å². The highest BCUT2D eigenvalue weighted by molar-refractivity contribution is 8.00. The lowest BCUT2D eigenvalue weighted by molar-refractivity contribution is -0.150. The predicted molar refractivity (Wildman–Crippen MR) is 114 cm³/mol. The van der Waals surface area contributed by atoms with Gasteiger partial charge in [-0.1, -0.05) is 34.8 Å². The number of nitrogens with one attached hydrogen (secondary N) is 1. The average Bonchev–Trinajstić information content (AvgIpc) is 3.08. The van der Waals surface area contributed by atoms with Gasteiger partial charge in [0.15, 0.2) is 0 Å². The molecule has 0 spiro atoms. The summed E-state index contributed by atoms with van der Waals surface area (Å²) < 4.78 is 5.01. The minimum absolute atomic E-state index is 0.0353. The van der Waals surface area contributed by atoms with E-state index < -0.39 is 35.2 Å². The van der Waals surface area contributed by atoms with Gasteiger partial charge in [-0.2, -0.15) is 0 Å². The molecule has 0 aromatic carbocycles.